The molecule has 4 rings (SSSR count). The molecule has 170 valence electrons. The van der Waals surface area contributed by atoms with Gasteiger partial charge in [-0.3, -0.25) is 14.6 Å². The van der Waals surface area contributed by atoms with E-state index in [0.717, 1.165) is 63.8 Å². The fourth-order valence-electron chi connectivity index (χ4n) is 4.81. The lowest BCUT2D eigenvalue weighted by atomic mass is 9.88. The van der Waals surface area contributed by atoms with Crippen molar-refractivity contribution in [2.24, 2.45) is 12.0 Å². The molecule has 0 aliphatic carbocycles. The molecule has 30 heavy (non-hydrogen) atoms. The van der Waals surface area contributed by atoms with Crippen LogP contribution in [0.4, 0.5) is 0 Å². The molecular weight excluding hydrogens is 495 g/mol. The number of rotatable bonds is 5. The molecule has 1 aromatic heterocycles. The summed E-state index contributed by atoms with van der Waals surface area (Å²) in [5.74, 6) is 1.01. The van der Waals surface area contributed by atoms with Gasteiger partial charge in [0.2, 0.25) is 0 Å². The number of ether oxygens (including phenoxy) is 2. The van der Waals surface area contributed by atoms with Crippen LogP contribution in [0.2, 0.25) is 0 Å². The smallest absolute Gasteiger partial charge is 0.194 e. The summed E-state index contributed by atoms with van der Waals surface area (Å²) in [7, 11) is 1.95. The number of nitrogens with zero attached hydrogens (tertiary/aromatic N) is 5. The number of hydrogen-bond acceptors (Lipinski definition) is 5. The fraction of sp³-hybridized carbons (Fsp3) is 0.810. The SMILES string of the molecule is CCNC(=NCC1(N2CCCC2)CCOCC1)N1CCOC(c2cnn(C)c2)C1.I. The highest BCUT2D eigenvalue weighted by molar-refractivity contribution is 14.0. The van der Waals surface area contributed by atoms with Crippen LogP contribution in [0.15, 0.2) is 17.4 Å². The second-order valence-electron chi connectivity index (χ2n) is 8.45. The number of hydrogen-bond donors (Lipinski definition) is 1. The molecule has 0 saturated carbocycles. The van der Waals surface area contributed by atoms with Crippen LogP contribution in [-0.4, -0.2) is 90.2 Å². The van der Waals surface area contributed by atoms with Crippen LogP contribution in [0.1, 0.15) is 44.3 Å². The van der Waals surface area contributed by atoms with Crippen LogP contribution < -0.4 is 5.32 Å². The summed E-state index contributed by atoms with van der Waals surface area (Å²) in [6.45, 7) is 10.3. The van der Waals surface area contributed by atoms with Gasteiger partial charge in [0, 0.05) is 50.7 Å². The van der Waals surface area contributed by atoms with Crippen molar-refractivity contribution in [3.63, 3.8) is 0 Å². The predicted molar refractivity (Wildman–Crippen MR) is 128 cm³/mol. The van der Waals surface area contributed by atoms with Gasteiger partial charge in [-0.25, -0.2) is 0 Å². The first kappa shape index (κ1) is 23.7. The van der Waals surface area contributed by atoms with Gasteiger partial charge in [-0.1, -0.05) is 0 Å². The van der Waals surface area contributed by atoms with Gasteiger partial charge < -0.3 is 19.7 Å². The summed E-state index contributed by atoms with van der Waals surface area (Å²) < 4.78 is 13.6. The van der Waals surface area contributed by atoms with E-state index in [-0.39, 0.29) is 35.6 Å². The zero-order chi connectivity index (χ0) is 20.1. The highest BCUT2D eigenvalue weighted by Crippen LogP contribution is 2.32. The number of aryl methyl sites for hydroxylation is 1. The summed E-state index contributed by atoms with van der Waals surface area (Å²) in [4.78, 5) is 10.2. The van der Waals surface area contributed by atoms with Crippen molar-refractivity contribution in [3.8, 4) is 0 Å². The molecule has 8 nitrogen and oxygen atoms in total. The first-order valence-corrected chi connectivity index (χ1v) is 11.2. The summed E-state index contributed by atoms with van der Waals surface area (Å²) in [5.41, 5.74) is 1.29. The molecule has 9 heteroatoms. The quantitative estimate of drug-likeness (QED) is 0.356. The Hall–Kier alpha value is -0.910. The maximum Gasteiger partial charge on any atom is 0.194 e. The van der Waals surface area contributed by atoms with E-state index < -0.39 is 0 Å². The number of halogens is 1. The number of morpholine rings is 1. The Morgan fingerprint density at radius 3 is 2.67 bits per heavy atom. The second kappa shape index (κ2) is 11.1. The predicted octanol–water partition coefficient (Wildman–Crippen LogP) is 2.02. The van der Waals surface area contributed by atoms with Crippen molar-refractivity contribution >= 4 is 29.9 Å². The Morgan fingerprint density at radius 1 is 1.23 bits per heavy atom. The lowest BCUT2D eigenvalue weighted by molar-refractivity contribution is -0.0155. The third-order valence-corrected chi connectivity index (χ3v) is 6.52. The van der Waals surface area contributed by atoms with Gasteiger partial charge in [0.25, 0.3) is 0 Å². The first-order chi connectivity index (χ1) is 14.2. The molecule has 0 aromatic carbocycles. The third-order valence-electron chi connectivity index (χ3n) is 6.52. The van der Waals surface area contributed by atoms with Gasteiger partial charge in [-0.15, -0.1) is 24.0 Å². The summed E-state index contributed by atoms with van der Waals surface area (Å²) in [6, 6.07) is 0. The van der Waals surface area contributed by atoms with Crippen LogP contribution in [0.25, 0.3) is 0 Å². The number of nitrogens with one attached hydrogen (secondary N) is 1. The van der Waals surface area contributed by atoms with Crippen molar-refractivity contribution in [1.29, 1.82) is 0 Å². The molecule has 0 radical (unpaired) electrons. The summed E-state index contributed by atoms with van der Waals surface area (Å²) in [5, 5.41) is 7.83. The molecule has 3 fully saturated rings. The molecule has 3 aliphatic heterocycles. The number of aliphatic imine (C=N–C) groups is 1. The summed E-state index contributed by atoms with van der Waals surface area (Å²) >= 11 is 0. The van der Waals surface area contributed by atoms with Crippen LogP contribution in [0.3, 0.4) is 0 Å². The van der Waals surface area contributed by atoms with Crippen LogP contribution in [0, 0.1) is 0 Å². The van der Waals surface area contributed by atoms with E-state index in [1.807, 2.05) is 24.1 Å². The van der Waals surface area contributed by atoms with Gasteiger partial charge >= 0.3 is 0 Å². The van der Waals surface area contributed by atoms with E-state index in [1.165, 1.54) is 25.9 Å². The van der Waals surface area contributed by atoms with Crippen molar-refractivity contribution in [3.05, 3.63) is 18.0 Å². The summed E-state index contributed by atoms with van der Waals surface area (Å²) in [6.07, 6.45) is 8.77. The monoisotopic (exact) mass is 532 g/mol. The largest absolute Gasteiger partial charge is 0.381 e. The van der Waals surface area contributed by atoms with E-state index in [1.54, 1.807) is 0 Å². The fourth-order valence-corrected chi connectivity index (χ4v) is 4.81. The minimum atomic E-state index is 0. The maximum atomic E-state index is 6.03. The molecule has 1 unspecified atom stereocenters. The molecule has 3 aliphatic rings. The molecule has 1 aromatic rings. The zero-order valence-corrected chi connectivity index (χ0v) is 20.7. The Labute approximate surface area is 197 Å². The highest BCUT2D eigenvalue weighted by Gasteiger charge is 2.39. The van der Waals surface area contributed by atoms with Crippen LogP contribution in [0.5, 0.6) is 0 Å². The number of aromatic nitrogens is 2. The zero-order valence-electron chi connectivity index (χ0n) is 18.4. The Kier molecular flexibility index (Phi) is 8.79. The molecule has 1 N–H and O–H groups in total. The molecular formula is C21H37IN6O2. The van der Waals surface area contributed by atoms with Gasteiger partial charge in [-0.05, 0) is 45.7 Å². The number of likely N-dealkylation sites (tertiary alicyclic amines) is 1. The molecule has 0 spiro atoms. The van der Waals surface area contributed by atoms with Gasteiger partial charge in [0.1, 0.15) is 6.10 Å². The number of guanidine groups is 1. The average molecular weight is 532 g/mol. The standard InChI is InChI=1S/C21H36N6O2.HI/c1-3-22-20(26-10-13-29-19(16-26)18-14-24-25(2)15-18)23-17-21(6-11-28-12-7-21)27-8-4-5-9-27;/h14-15,19H,3-13,16-17H2,1-2H3,(H,22,23);1H. The Morgan fingerprint density at radius 2 is 2.00 bits per heavy atom. The van der Waals surface area contributed by atoms with E-state index >= 15 is 0 Å². The van der Waals surface area contributed by atoms with Crippen molar-refractivity contribution in [1.82, 2.24) is 24.9 Å². The van der Waals surface area contributed by atoms with E-state index in [2.05, 4.69) is 27.1 Å². The molecule has 3 saturated heterocycles. The van der Waals surface area contributed by atoms with Gasteiger partial charge in [0.05, 0.1) is 25.9 Å². The molecule has 0 bridgehead atoms. The van der Waals surface area contributed by atoms with Gasteiger partial charge in [-0.2, -0.15) is 5.10 Å². The van der Waals surface area contributed by atoms with E-state index in [4.69, 9.17) is 14.5 Å². The minimum Gasteiger partial charge on any atom is -0.381 e. The topological polar surface area (TPSA) is 67.2 Å². The highest BCUT2D eigenvalue weighted by atomic mass is 127. The Bertz CT molecular complexity index is 685. The molecule has 0 amide bonds. The third kappa shape index (κ3) is 5.46. The molecule has 4 heterocycles. The normalized spacial score (nSPS) is 25.2. The Balaban J connectivity index is 0.00000256. The van der Waals surface area contributed by atoms with E-state index in [0.29, 0.717) is 6.61 Å². The van der Waals surface area contributed by atoms with E-state index in [9.17, 15) is 0 Å². The van der Waals surface area contributed by atoms with Gasteiger partial charge in [0.15, 0.2) is 5.96 Å². The first-order valence-electron chi connectivity index (χ1n) is 11.2. The minimum absolute atomic E-state index is 0. The van der Waals surface area contributed by atoms with Crippen molar-refractivity contribution in [2.45, 2.75) is 44.2 Å². The average Bonchev–Trinajstić information content (AvgIpc) is 3.44. The lowest BCUT2D eigenvalue weighted by Gasteiger charge is -2.44. The lowest BCUT2D eigenvalue weighted by Crippen LogP contribution is -2.54. The second-order valence-corrected chi connectivity index (χ2v) is 8.45. The van der Waals surface area contributed by atoms with Crippen LogP contribution >= 0.6 is 24.0 Å². The maximum absolute atomic E-state index is 6.03. The molecule has 1 atom stereocenters. The van der Waals surface area contributed by atoms with Crippen LogP contribution in [-0.2, 0) is 16.5 Å². The van der Waals surface area contributed by atoms with Crippen molar-refractivity contribution < 1.29 is 9.47 Å². The van der Waals surface area contributed by atoms with Crippen molar-refractivity contribution in [2.75, 3.05) is 59.1 Å².